The fourth-order valence-corrected chi connectivity index (χ4v) is 3.25. The lowest BCUT2D eigenvalue weighted by atomic mass is 10.1. The number of hydrogen-bond acceptors (Lipinski definition) is 4. The van der Waals surface area contributed by atoms with Gasteiger partial charge in [-0.25, -0.2) is 4.79 Å². The zero-order chi connectivity index (χ0) is 14.9. The Balaban J connectivity index is 2.44. The van der Waals surface area contributed by atoms with Crippen molar-refractivity contribution in [2.75, 3.05) is 12.9 Å². The average molecular weight is 295 g/mol. The first-order valence-corrected chi connectivity index (χ1v) is 8.10. The van der Waals surface area contributed by atoms with E-state index in [4.69, 9.17) is 4.74 Å². The first-order valence-electron chi connectivity index (χ1n) is 6.87. The van der Waals surface area contributed by atoms with Gasteiger partial charge >= 0.3 is 5.97 Å². The maximum absolute atomic E-state index is 12.2. The highest BCUT2D eigenvalue weighted by Crippen LogP contribution is 2.48. The number of aromatic nitrogens is 1. The highest BCUT2D eigenvalue weighted by Gasteiger charge is 2.42. The summed E-state index contributed by atoms with van der Waals surface area (Å²) in [5.41, 5.74) is 1.90. The Labute approximate surface area is 123 Å². The van der Waals surface area contributed by atoms with E-state index in [1.54, 1.807) is 30.2 Å². The van der Waals surface area contributed by atoms with Crippen LogP contribution in [0.15, 0.2) is 10.9 Å². The molecule has 1 fully saturated rings. The minimum Gasteiger partial charge on any atom is -0.462 e. The molecule has 0 aromatic carbocycles. The van der Waals surface area contributed by atoms with Crippen LogP contribution in [0.1, 0.15) is 41.4 Å². The molecule has 1 saturated carbocycles. The molecule has 4 nitrogen and oxygen atoms in total. The van der Waals surface area contributed by atoms with Crippen molar-refractivity contribution in [3.8, 4) is 0 Å². The van der Waals surface area contributed by atoms with Gasteiger partial charge in [-0.2, -0.15) is 11.8 Å². The zero-order valence-electron chi connectivity index (χ0n) is 12.5. The molecule has 1 aromatic heterocycles. The first kappa shape index (κ1) is 15.2. The lowest BCUT2D eigenvalue weighted by molar-refractivity contribution is 0.0523. The predicted octanol–water partition coefficient (Wildman–Crippen LogP) is 2.54. The van der Waals surface area contributed by atoms with Crippen LogP contribution >= 0.6 is 11.8 Å². The lowest BCUT2D eigenvalue weighted by Crippen LogP contribution is -2.30. The second-order valence-corrected chi connectivity index (χ2v) is 6.59. The number of carbonyl (C=O) groups is 1. The molecule has 0 spiro atoms. The highest BCUT2D eigenvalue weighted by molar-refractivity contribution is 8.00. The molecule has 110 valence electrons. The summed E-state index contributed by atoms with van der Waals surface area (Å²) >= 11 is 1.80. The summed E-state index contributed by atoms with van der Waals surface area (Å²) in [6, 6.07) is 1.54. The van der Waals surface area contributed by atoms with Gasteiger partial charge in [0.2, 0.25) is 0 Å². The number of esters is 1. The van der Waals surface area contributed by atoms with Crippen LogP contribution in [0.3, 0.4) is 0 Å². The monoisotopic (exact) mass is 295 g/mol. The molecule has 0 aliphatic heterocycles. The number of nitrogens with zero attached hydrogens (tertiary/aromatic N) is 1. The Hall–Kier alpha value is -1.23. The molecule has 1 aliphatic rings. The van der Waals surface area contributed by atoms with E-state index in [9.17, 15) is 9.59 Å². The summed E-state index contributed by atoms with van der Waals surface area (Å²) in [4.78, 5) is 24.3. The van der Waals surface area contributed by atoms with Gasteiger partial charge in [0.15, 0.2) is 0 Å². The minimum absolute atomic E-state index is 0.0339. The molecule has 1 aromatic rings. The molecule has 0 atom stereocenters. The third-order valence-corrected chi connectivity index (χ3v) is 5.34. The van der Waals surface area contributed by atoms with Crippen molar-refractivity contribution in [3.63, 3.8) is 0 Å². The van der Waals surface area contributed by atoms with E-state index < -0.39 is 0 Å². The molecule has 1 aliphatic carbocycles. The lowest BCUT2D eigenvalue weighted by Gasteiger charge is -2.19. The van der Waals surface area contributed by atoms with Crippen LogP contribution in [0.25, 0.3) is 0 Å². The zero-order valence-corrected chi connectivity index (χ0v) is 13.3. The Bertz CT molecular complexity index is 588. The fourth-order valence-electron chi connectivity index (χ4n) is 2.48. The number of pyridine rings is 1. The molecule has 0 bridgehead atoms. The molecule has 0 radical (unpaired) electrons. The third kappa shape index (κ3) is 2.77. The smallest absolute Gasteiger partial charge is 0.340 e. The molecule has 2 rings (SSSR count). The Morgan fingerprint density at radius 1 is 1.45 bits per heavy atom. The Morgan fingerprint density at radius 3 is 2.60 bits per heavy atom. The van der Waals surface area contributed by atoms with Gasteiger partial charge in [0, 0.05) is 23.1 Å². The van der Waals surface area contributed by atoms with Gasteiger partial charge in [0.1, 0.15) is 0 Å². The number of thioether (sulfide) groups is 1. The van der Waals surface area contributed by atoms with Gasteiger partial charge in [0.25, 0.3) is 5.56 Å². The Kier molecular flexibility index (Phi) is 4.28. The van der Waals surface area contributed by atoms with Crippen LogP contribution < -0.4 is 5.56 Å². The second-order valence-electron chi connectivity index (χ2n) is 5.32. The highest BCUT2D eigenvalue weighted by atomic mass is 32.2. The number of rotatable bonds is 5. The molecular weight excluding hydrogens is 274 g/mol. The van der Waals surface area contributed by atoms with Gasteiger partial charge in [0.05, 0.1) is 12.2 Å². The van der Waals surface area contributed by atoms with Crippen LogP contribution in [0.4, 0.5) is 0 Å². The summed E-state index contributed by atoms with van der Waals surface area (Å²) in [6.07, 6.45) is 4.33. The molecule has 20 heavy (non-hydrogen) atoms. The molecule has 0 N–H and O–H groups in total. The Morgan fingerprint density at radius 2 is 2.10 bits per heavy atom. The number of carbonyl (C=O) groups excluding carboxylic acids is 1. The maximum atomic E-state index is 12.2. The topological polar surface area (TPSA) is 48.3 Å². The van der Waals surface area contributed by atoms with Crippen molar-refractivity contribution in [1.82, 2.24) is 4.57 Å². The summed E-state index contributed by atoms with van der Waals surface area (Å²) < 4.78 is 7.00. The van der Waals surface area contributed by atoms with Crippen molar-refractivity contribution in [2.24, 2.45) is 0 Å². The van der Waals surface area contributed by atoms with Gasteiger partial charge in [-0.05, 0) is 45.4 Å². The molecule has 5 heteroatoms. The van der Waals surface area contributed by atoms with E-state index in [0.717, 1.165) is 12.8 Å². The summed E-state index contributed by atoms with van der Waals surface area (Å²) in [6.45, 7) is 6.41. The molecule has 1 heterocycles. The number of aryl methyl sites for hydroxylation is 1. The van der Waals surface area contributed by atoms with Crippen molar-refractivity contribution in [3.05, 3.63) is 33.2 Å². The molecule has 0 unspecified atom stereocenters. The summed E-state index contributed by atoms with van der Waals surface area (Å²) in [5.74, 6) is -0.342. The van der Waals surface area contributed by atoms with E-state index in [2.05, 4.69) is 6.26 Å². The van der Waals surface area contributed by atoms with E-state index in [1.165, 1.54) is 6.07 Å². The van der Waals surface area contributed by atoms with E-state index in [1.807, 2.05) is 6.92 Å². The fraction of sp³-hybridized carbons (Fsp3) is 0.600. The van der Waals surface area contributed by atoms with Crippen molar-refractivity contribution >= 4 is 17.7 Å². The first-order chi connectivity index (χ1) is 9.44. The molecule has 0 saturated heterocycles. The van der Waals surface area contributed by atoms with Crippen LogP contribution in [0, 0.1) is 13.8 Å². The third-order valence-electron chi connectivity index (χ3n) is 3.93. The summed E-state index contributed by atoms with van der Waals surface area (Å²) in [7, 11) is 0. The minimum atomic E-state index is -0.342. The van der Waals surface area contributed by atoms with Crippen molar-refractivity contribution < 1.29 is 9.53 Å². The second kappa shape index (κ2) is 5.64. The largest absolute Gasteiger partial charge is 0.462 e. The van der Waals surface area contributed by atoms with Crippen LogP contribution in [0.5, 0.6) is 0 Å². The SMILES string of the molecule is CCOC(=O)c1c(C)cc(=O)n(CC2(SC)CC2)c1C. The standard InChI is InChI=1S/C15H21NO3S/c1-5-19-14(18)13-10(2)8-12(17)16(11(13)3)9-15(20-4)6-7-15/h8H,5-7,9H2,1-4H3. The van der Waals surface area contributed by atoms with E-state index in [0.29, 0.717) is 30.0 Å². The maximum Gasteiger partial charge on any atom is 0.340 e. The van der Waals surface area contributed by atoms with Crippen LogP contribution in [-0.2, 0) is 11.3 Å². The quantitative estimate of drug-likeness (QED) is 0.783. The van der Waals surface area contributed by atoms with Crippen LogP contribution in [-0.4, -0.2) is 28.1 Å². The van der Waals surface area contributed by atoms with Crippen molar-refractivity contribution in [1.29, 1.82) is 0 Å². The van der Waals surface area contributed by atoms with Crippen LogP contribution in [0.2, 0.25) is 0 Å². The normalized spacial score (nSPS) is 16.0. The molecule has 0 amide bonds. The van der Waals surface area contributed by atoms with Gasteiger partial charge in [-0.15, -0.1) is 0 Å². The molecular formula is C15H21NO3S. The summed E-state index contributed by atoms with van der Waals surface area (Å²) in [5, 5.41) is 0. The van der Waals surface area contributed by atoms with Gasteiger partial charge in [-0.1, -0.05) is 0 Å². The van der Waals surface area contributed by atoms with Gasteiger partial charge in [-0.3, -0.25) is 4.79 Å². The predicted molar refractivity (Wildman–Crippen MR) is 81.6 cm³/mol. The van der Waals surface area contributed by atoms with E-state index >= 15 is 0 Å². The van der Waals surface area contributed by atoms with Gasteiger partial charge < -0.3 is 9.30 Å². The average Bonchev–Trinajstić information content (AvgIpc) is 3.15. The number of ether oxygens (including phenoxy) is 1. The van der Waals surface area contributed by atoms with Crippen molar-refractivity contribution in [2.45, 2.75) is 44.9 Å². The van der Waals surface area contributed by atoms with E-state index in [-0.39, 0.29) is 16.3 Å². The number of hydrogen-bond donors (Lipinski definition) is 0.